The Labute approximate surface area is 182 Å². The van der Waals surface area contributed by atoms with Gasteiger partial charge >= 0.3 is 6.01 Å². The van der Waals surface area contributed by atoms with Crippen molar-refractivity contribution >= 4 is 21.9 Å². The van der Waals surface area contributed by atoms with Crippen molar-refractivity contribution in [3.63, 3.8) is 0 Å². The van der Waals surface area contributed by atoms with Gasteiger partial charge in [-0.1, -0.05) is 36.6 Å². The number of rotatable bonds is 9. The molecule has 31 heavy (non-hydrogen) atoms. The van der Waals surface area contributed by atoms with Crippen LogP contribution < -0.4 is 5.32 Å². The number of carbonyl (C=O) groups excluding carboxylic acids is 1. The Balaban J connectivity index is 1.72. The van der Waals surface area contributed by atoms with Crippen LogP contribution in [0.3, 0.4) is 0 Å². The van der Waals surface area contributed by atoms with Crippen molar-refractivity contribution in [3.8, 4) is 11.5 Å². The van der Waals surface area contributed by atoms with E-state index in [0.717, 1.165) is 24.0 Å². The van der Waals surface area contributed by atoms with Gasteiger partial charge in [-0.25, -0.2) is 8.42 Å². The molecular formula is C22H26N4O4S. The van der Waals surface area contributed by atoms with Crippen LogP contribution in [0.5, 0.6) is 0 Å². The van der Waals surface area contributed by atoms with Crippen LogP contribution in [0.1, 0.15) is 42.6 Å². The molecule has 1 amide bonds. The first kappa shape index (κ1) is 22.6. The summed E-state index contributed by atoms with van der Waals surface area (Å²) in [6.45, 7) is 6.74. The first-order valence-corrected chi connectivity index (χ1v) is 11.6. The number of aromatic nitrogens is 2. The number of hydrogen-bond acceptors (Lipinski definition) is 6. The SMILES string of the molecule is CCCN(CCC)S(=O)(=O)c1ccc(C(=O)Nc2nnc(-c3cccc(C)c3)o2)cc1. The van der Waals surface area contributed by atoms with Crippen molar-refractivity contribution in [2.75, 3.05) is 18.4 Å². The lowest BCUT2D eigenvalue weighted by atomic mass is 10.1. The quantitative estimate of drug-likeness (QED) is 0.535. The van der Waals surface area contributed by atoms with E-state index in [-0.39, 0.29) is 16.5 Å². The normalized spacial score (nSPS) is 11.6. The van der Waals surface area contributed by atoms with E-state index in [1.165, 1.54) is 28.6 Å². The molecule has 1 N–H and O–H groups in total. The lowest BCUT2D eigenvalue weighted by molar-refractivity contribution is 0.102. The molecule has 164 valence electrons. The van der Waals surface area contributed by atoms with E-state index in [9.17, 15) is 13.2 Å². The highest BCUT2D eigenvalue weighted by Crippen LogP contribution is 2.22. The molecule has 0 saturated heterocycles. The van der Waals surface area contributed by atoms with E-state index in [2.05, 4.69) is 15.5 Å². The average Bonchev–Trinajstić information content (AvgIpc) is 3.22. The zero-order chi connectivity index (χ0) is 22.4. The zero-order valence-corrected chi connectivity index (χ0v) is 18.6. The van der Waals surface area contributed by atoms with E-state index in [1.807, 2.05) is 45.0 Å². The molecule has 0 radical (unpaired) electrons. The van der Waals surface area contributed by atoms with E-state index >= 15 is 0 Å². The third-order valence-corrected chi connectivity index (χ3v) is 6.52. The number of sulfonamides is 1. The summed E-state index contributed by atoms with van der Waals surface area (Å²) < 4.78 is 32.7. The topological polar surface area (TPSA) is 105 Å². The molecular weight excluding hydrogens is 416 g/mol. The highest BCUT2D eigenvalue weighted by molar-refractivity contribution is 7.89. The average molecular weight is 443 g/mol. The van der Waals surface area contributed by atoms with Crippen molar-refractivity contribution in [1.29, 1.82) is 0 Å². The fourth-order valence-electron chi connectivity index (χ4n) is 3.12. The Morgan fingerprint density at radius 1 is 1.03 bits per heavy atom. The van der Waals surface area contributed by atoms with Crippen LogP contribution in [0.25, 0.3) is 11.5 Å². The smallest absolute Gasteiger partial charge is 0.322 e. The van der Waals surface area contributed by atoms with E-state index in [1.54, 1.807) is 0 Å². The summed E-state index contributed by atoms with van der Waals surface area (Å²) in [7, 11) is -3.60. The molecule has 0 bridgehead atoms. The summed E-state index contributed by atoms with van der Waals surface area (Å²) in [6, 6.07) is 13.4. The van der Waals surface area contributed by atoms with Crippen molar-refractivity contribution < 1.29 is 17.6 Å². The number of benzene rings is 2. The molecule has 9 heteroatoms. The van der Waals surface area contributed by atoms with E-state index in [0.29, 0.717) is 19.0 Å². The largest absolute Gasteiger partial charge is 0.403 e. The predicted molar refractivity (Wildman–Crippen MR) is 118 cm³/mol. The molecule has 2 aromatic carbocycles. The second kappa shape index (κ2) is 9.84. The summed E-state index contributed by atoms with van der Waals surface area (Å²) in [4.78, 5) is 12.7. The molecule has 0 aliphatic heterocycles. The van der Waals surface area contributed by atoms with Crippen LogP contribution in [-0.2, 0) is 10.0 Å². The number of nitrogens with one attached hydrogen (secondary N) is 1. The summed E-state index contributed by atoms with van der Waals surface area (Å²) >= 11 is 0. The number of amides is 1. The van der Waals surface area contributed by atoms with Gasteiger partial charge in [0.2, 0.25) is 15.9 Å². The summed E-state index contributed by atoms with van der Waals surface area (Å²) in [5, 5.41) is 10.4. The monoisotopic (exact) mass is 442 g/mol. The Kier molecular flexibility index (Phi) is 7.19. The fraction of sp³-hybridized carbons (Fsp3) is 0.318. The maximum atomic E-state index is 12.8. The third kappa shape index (κ3) is 5.36. The summed E-state index contributed by atoms with van der Waals surface area (Å²) in [6.07, 6.45) is 1.46. The first-order chi connectivity index (χ1) is 14.8. The van der Waals surface area contributed by atoms with Gasteiger partial charge in [-0.05, 0) is 56.2 Å². The number of aryl methyl sites for hydroxylation is 1. The van der Waals surface area contributed by atoms with Gasteiger partial charge < -0.3 is 4.42 Å². The number of anilines is 1. The molecule has 0 unspecified atom stereocenters. The fourth-order valence-corrected chi connectivity index (χ4v) is 4.74. The van der Waals surface area contributed by atoms with Gasteiger partial charge in [-0.2, -0.15) is 4.31 Å². The molecule has 3 aromatic rings. The van der Waals surface area contributed by atoms with Crippen LogP contribution >= 0.6 is 0 Å². The minimum absolute atomic E-state index is 0.0322. The Morgan fingerprint density at radius 2 is 1.71 bits per heavy atom. The Hall–Kier alpha value is -3.04. The minimum atomic E-state index is -3.60. The van der Waals surface area contributed by atoms with Gasteiger partial charge in [0.25, 0.3) is 5.91 Å². The van der Waals surface area contributed by atoms with Crippen LogP contribution in [0.4, 0.5) is 6.01 Å². The van der Waals surface area contributed by atoms with E-state index < -0.39 is 15.9 Å². The van der Waals surface area contributed by atoms with Crippen molar-refractivity contribution in [2.24, 2.45) is 0 Å². The highest BCUT2D eigenvalue weighted by Gasteiger charge is 2.23. The van der Waals surface area contributed by atoms with Gasteiger partial charge in [0.05, 0.1) is 4.90 Å². The molecule has 0 fully saturated rings. The van der Waals surface area contributed by atoms with Gasteiger partial charge in [-0.15, -0.1) is 5.10 Å². The predicted octanol–water partition coefficient (Wildman–Crippen LogP) is 4.11. The number of hydrogen-bond donors (Lipinski definition) is 1. The van der Waals surface area contributed by atoms with Crippen LogP contribution in [-0.4, -0.2) is 41.9 Å². The van der Waals surface area contributed by atoms with E-state index in [4.69, 9.17) is 4.42 Å². The standard InChI is InChI=1S/C22H26N4O4S/c1-4-13-26(14-5-2)31(28,29)19-11-9-17(10-12-19)20(27)23-22-25-24-21(30-22)18-8-6-7-16(3)15-18/h6-12,15H,4-5,13-14H2,1-3H3,(H,23,25,27). The van der Waals surface area contributed by atoms with Gasteiger partial charge in [0.15, 0.2) is 0 Å². The first-order valence-electron chi connectivity index (χ1n) is 10.2. The maximum Gasteiger partial charge on any atom is 0.322 e. The lowest BCUT2D eigenvalue weighted by Crippen LogP contribution is -2.32. The van der Waals surface area contributed by atoms with Gasteiger partial charge in [-0.3, -0.25) is 10.1 Å². The molecule has 3 rings (SSSR count). The van der Waals surface area contributed by atoms with Crippen LogP contribution in [0.15, 0.2) is 57.8 Å². The van der Waals surface area contributed by atoms with Crippen molar-refractivity contribution in [3.05, 3.63) is 59.7 Å². The molecule has 1 aromatic heterocycles. The highest BCUT2D eigenvalue weighted by atomic mass is 32.2. The second-order valence-corrected chi connectivity index (χ2v) is 9.10. The number of nitrogens with zero attached hydrogens (tertiary/aromatic N) is 3. The Morgan fingerprint density at radius 3 is 2.32 bits per heavy atom. The molecule has 1 heterocycles. The Bertz CT molecular complexity index is 1130. The molecule has 0 atom stereocenters. The van der Waals surface area contributed by atoms with Gasteiger partial charge in [0.1, 0.15) is 0 Å². The molecule has 0 saturated carbocycles. The van der Waals surface area contributed by atoms with Crippen LogP contribution in [0.2, 0.25) is 0 Å². The lowest BCUT2D eigenvalue weighted by Gasteiger charge is -2.21. The molecule has 8 nitrogen and oxygen atoms in total. The van der Waals surface area contributed by atoms with Crippen molar-refractivity contribution in [2.45, 2.75) is 38.5 Å². The number of carbonyl (C=O) groups is 1. The molecule has 0 spiro atoms. The minimum Gasteiger partial charge on any atom is -0.403 e. The summed E-state index contributed by atoms with van der Waals surface area (Å²) in [5.74, 6) is -0.172. The molecule has 0 aliphatic carbocycles. The molecule has 0 aliphatic rings. The maximum absolute atomic E-state index is 12.8. The second-order valence-electron chi connectivity index (χ2n) is 7.16. The van der Waals surface area contributed by atoms with Crippen LogP contribution in [0, 0.1) is 6.92 Å². The summed E-state index contributed by atoms with van der Waals surface area (Å²) in [5.41, 5.74) is 2.09. The zero-order valence-electron chi connectivity index (χ0n) is 17.8. The third-order valence-electron chi connectivity index (χ3n) is 4.61. The van der Waals surface area contributed by atoms with Crippen molar-refractivity contribution in [1.82, 2.24) is 14.5 Å². The van der Waals surface area contributed by atoms with Gasteiger partial charge in [0, 0.05) is 24.2 Å².